The number of aromatic nitrogens is 2. The molecular weight excluding hydrogens is 345 g/mol. The first-order valence-corrected chi connectivity index (χ1v) is 7.47. The number of fused-ring (bicyclic) bond motifs is 1. The summed E-state index contributed by atoms with van der Waals surface area (Å²) in [6, 6.07) is 8.59. The van der Waals surface area contributed by atoms with Crippen LogP contribution in [0.1, 0.15) is 6.92 Å². The zero-order valence-corrected chi connectivity index (χ0v) is 14.2. The van der Waals surface area contributed by atoms with E-state index in [9.17, 15) is 9.18 Å². The Bertz CT molecular complexity index is 890. The minimum atomic E-state index is -0.433. The molecule has 0 aliphatic rings. The first kappa shape index (κ1) is 18.4. The molecule has 2 heterocycles. The highest BCUT2D eigenvalue weighted by atomic mass is 35.5. The second-order valence-electron chi connectivity index (χ2n) is 5.06. The number of hydrogen-bond acceptors (Lipinski definition) is 4. The summed E-state index contributed by atoms with van der Waals surface area (Å²) in [4.78, 5) is 19.5. The van der Waals surface area contributed by atoms with Gasteiger partial charge in [0.25, 0.3) is 0 Å². The van der Waals surface area contributed by atoms with E-state index in [1.54, 1.807) is 18.3 Å². The average Bonchev–Trinajstić information content (AvgIpc) is 2.57. The number of pyridine rings is 2. The molecule has 0 saturated heterocycles. The van der Waals surface area contributed by atoms with Crippen LogP contribution in [0.5, 0.6) is 0 Å². The minimum absolute atomic E-state index is 0. The van der Waals surface area contributed by atoms with Gasteiger partial charge >= 0.3 is 6.03 Å². The molecule has 0 saturated carbocycles. The van der Waals surface area contributed by atoms with Crippen LogP contribution in [-0.4, -0.2) is 22.5 Å². The van der Waals surface area contributed by atoms with E-state index in [1.165, 1.54) is 6.20 Å². The molecule has 2 amide bonds. The third-order valence-corrected chi connectivity index (χ3v) is 3.39. The molecule has 0 aliphatic heterocycles. The number of urea groups is 1. The number of nitrogens with one attached hydrogen (secondary N) is 3. The number of carbonyl (C=O) groups is 1. The average molecular weight is 362 g/mol. The monoisotopic (exact) mass is 361 g/mol. The first-order chi connectivity index (χ1) is 11.7. The number of hydrogen-bond donors (Lipinski definition) is 3. The van der Waals surface area contributed by atoms with Crippen LogP contribution in [0.2, 0.25) is 0 Å². The lowest BCUT2D eigenvalue weighted by molar-refractivity contribution is 0.252. The van der Waals surface area contributed by atoms with Gasteiger partial charge in [-0.1, -0.05) is 12.1 Å². The highest BCUT2D eigenvalue weighted by molar-refractivity contribution is 5.97. The van der Waals surface area contributed by atoms with Gasteiger partial charge in [0.2, 0.25) is 0 Å². The molecule has 1 aromatic carbocycles. The molecule has 130 valence electrons. The summed E-state index contributed by atoms with van der Waals surface area (Å²) in [7, 11) is 0. The smallest absolute Gasteiger partial charge is 0.320 e. The lowest BCUT2D eigenvalue weighted by Crippen LogP contribution is -2.28. The Morgan fingerprint density at radius 1 is 1.20 bits per heavy atom. The Morgan fingerprint density at radius 2 is 2.04 bits per heavy atom. The Kier molecular flexibility index (Phi) is 6.08. The predicted molar refractivity (Wildman–Crippen MR) is 99.2 cm³/mol. The highest BCUT2D eigenvalue weighted by Crippen LogP contribution is 2.28. The molecule has 0 aliphatic carbocycles. The number of benzene rings is 1. The highest BCUT2D eigenvalue weighted by Gasteiger charge is 2.07. The van der Waals surface area contributed by atoms with Crippen LogP contribution in [0.3, 0.4) is 0 Å². The van der Waals surface area contributed by atoms with Crippen molar-refractivity contribution in [3.05, 3.63) is 54.7 Å². The summed E-state index contributed by atoms with van der Waals surface area (Å²) < 4.78 is 13.8. The summed E-state index contributed by atoms with van der Waals surface area (Å²) in [5.74, 6) is 0.0117. The molecule has 25 heavy (non-hydrogen) atoms. The summed E-state index contributed by atoms with van der Waals surface area (Å²) in [6.45, 7) is 2.37. The van der Waals surface area contributed by atoms with Crippen LogP contribution in [0.15, 0.2) is 48.9 Å². The Morgan fingerprint density at radius 3 is 2.80 bits per heavy atom. The van der Waals surface area contributed by atoms with E-state index in [1.807, 2.05) is 25.1 Å². The molecule has 3 aromatic rings. The maximum atomic E-state index is 13.8. The zero-order chi connectivity index (χ0) is 16.9. The molecule has 0 radical (unpaired) electrons. The topological polar surface area (TPSA) is 78.9 Å². The first-order valence-electron chi connectivity index (χ1n) is 7.47. The molecule has 2 aromatic heterocycles. The van der Waals surface area contributed by atoms with Crippen molar-refractivity contribution >= 4 is 46.4 Å². The number of halogens is 2. The lowest BCUT2D eigenvalue weighted by Gasteiger charge is -2.11. The fourth-order valence-corrected chi connectivity index (χ4v) is 2.29. The molecule has 3 rings (SSSR count). The summed E-state index contributed by atoms with van der Waals surface area (Å²) in [5, 5.41) is 10.0. The fourth-order valence-electron chi connectivity index (χ4n) is 2.29. The van der Waals surface area contributed by atoms with Gasteiger partial charge in [-0.05, 0) is 30.5 Å². The second-order valence-corrected chi connectivity index (χ2v) is 5.06. The van der Waals surface area contributed by atoms with Gasteiger partial charge in [0.05, 0.1) is 11.9 Å². The van der Waals surface area contributed by atoms with Crippen molar-refractivity contribution in [1.29, 1.82) is 0 Å². The SMILES string of the molecule is CCNC(=O)Nc1cc2cccc(Nc3ccncc3F)c2cn1.Cl. The maximum absolute atomic E-state index is 13.8. The Hall–Kier alpha value is -2.93. The maximum Gasteiger partial charge on any atom is 0.320 e. The van der Waals surface area contributed by atoms with E-state index in [2.05, 4.69) is 25.9 Å². The third-order valence-electron chi connectivity index (χ3n) is 3.39. The van der Waals surface area contributed by atoms with Gasteiger partial charge in [-0.15, -0.1) is 12.4 Å². The second kappa shape index (κ2) is 8.25. The Labute approximate surface area is 150 Å². The van der Waals surface area contributed by atoms with Crippen molar-refractivity contribution in [1.82, 2.24) is 15.3 Å². The normalized spacial score (nSPS) is 10.0. The molecule has 0 spiro atoms. The number of nitrogens with zero attached hydrogens (tertiary/aromatic N) is 2. The fraction of sp³-hybridized carbons (Fsp3) is 0.118. The number of carbonyl (C=O) groups excluding carboxylic acids is 1. The zero-order valence-electron chi connectivity index (χ0n) is 13.4. The van der Waals surface area contributed by atoms with Crippen LogP contribution in [0.25, 0.3) is 10.8 Å². The quantitative estimate of drug-likeness (QED) is 0.654. The third kappa shape index (κ3) is 4.33. The largest absolute Gasteiger partial charge is 0.352 e. The standard InChI is InChI=1S/C17H16FN5O.ClH/c1-2-20-17(24)23-16-8-11-4-3-5-14(12(11)9-21-16)22-15-6-7-19-10-13(15)18;/h3-10H,2H2,1H3,(H,19,22)(H2,20,21,23,24);1H. The van der Waals surface area contributed by atoms with E-state index >= 15 is 0 Å². The van der Waals surface area contributed by atoms with Crippen molar-refractivity contribution in [2.75, 3.05) is 17.2 Å². The number of rotatable bonds is 4. The van der Waals surface area contributed by atoms with Gasteiger partial charge in [-0.25, -0.2) is 14.2 Å². The van der Waals surface area contributed by atoms with Gasteiger partial charge in [0.1, 0.15) is 5.82 Å². The number of amides is 2. The number of anilines is 3. The van der Waals surface area contributed by atoms with Crippen molar-refractivity contribution in [3.8, 4) is 0 Å². The van der Waals surface area contributed by atoms with Gasteiger partial charge in [-0.2, -0.15) is 0 Å². The van der Waals surface area contributed by atoms with E-state index in [0.717, 1.165) is 22.7 Å². The molecule has 0 unspecified atom stereocenters. The van der Waals surface area contributed by atoms with E-state index in [4.69, 9.17) is 0 Å². The lowest BCUT2D eigenvalue weighted by atomic mass is 10.1. The van der Waals surface area contributed by atoms with Crippen molar-refractivity contribution in [3.63, 3.8) is 0 Å². The minimum Gasteiger partial charge on any atom is -0.352 e. The van der Waals surface area contributed by atoms with Gasteiger partial charge in [-0.3, -0.25) is 10.3 Å². The van der Waals surface area contributed by atoms with Crippen molar-refractivity contribution in [2.45, 2.75) is 6.92 Å². The van der Waals surface area contributed by atoms with E-state index in [0.29, 0.717) is 18.1 Å². The van der Waals surface area contributed by atoms with Gasteiger partial charge in [0, 0.05) is 30.0 Å². The van der Waals surface area contributed by atoms with E-state index < -0.39 is 5.82 Å². The Balaban J connectivity index is 0.00000225. The van der Waals surface area contributed by atoms with Crippen LogP contribution in [0, 0.1) is 5.82 Å². The molecule has 0 fully saturated rings. The van der Waals surface area contributed by atoms with Crippen molar-refractivity contribution < 1.29 is 9.18 Å². The molecule has 3 N–H and O–H groups in total. The van der Waals surface area contributed by atoms with Gasteiger partial charge in [0.15, 0.2) is 5.82 Å². The van der Waals surface area contributed by atoms with Crippen LogP contribution in [0.4, 0.5) is 26.4 Å². The van der Waals surface area contributed by atoms with Crippen LogP contribution < -0.4 is 16.0 Å². The predicted octanol–water partition coefficient (Wildman–Crippen LogP) is 4.08. The molecule has 6 nitrogen and oxygen atoms in total. The molecular formula is C17H17ClFN5O. The summed E-state index contributed by atoms with van der Waals surface area (Å²) in [5.41, 5.74) is 1.05. The summed E-state index contributed by atoms with van der Waals surface area (Å²) in [6.07, 6.45) is 4.31. The van der Waals surface area contributed by atoms with Crippen LogP contribution >= 0.6 is 12.4 Å². The van der Waals surface area contributed by atoms with Crippen LogP contribution in [-0.2, 0) is 0 Å². The van der Waals surface area contributed by atoms with Gasteiger partial charge < -0.3 is 10.6 Å². The summed E-state index contributed by atoms with van der Waals surface area (Å²) >= 11 is 0. The molecule has 8 heteroatoms. The van der Waals surface area contributed by atoms with Crippen molar-refractivity contribution in [2.24, 2.45) is 0 Å². The van der Waals surface area contributed by atoms with E-state index in [-0.39, 0.29) is 18.4 Å². The molecule has 0 bridgehead atoms. The molecule has 0 atom stereocenters.